The largest absolute Gasteiger partial charge is 0.497 e. The van der Waals surface area contributed by atoms with Gasteiger partial charge in [0.25, 0.3) is 0 Å². The van der Waals surface area contributed by atoms with Gasteiger partial charge in [0, 0.05) is 24.9 Å². The van der Waals surface area contributed by atoms with Crippen LogP contribution in [0.3, 0.4) is 0 Å². The molecule has 22 heavy (non-hydrogen) atoms. The summed E-state index contributed by atoms with van der Waals surface area (Å²) in [6.07, 6.45) is 2.62. The van der Waals surface area contributed by atoms with E-state index in [-0.39, 0.29) is 0 Å². The van der Waals surface area contributed by atoms with Gasteiger partial charge in [-0.15, -0.1) is 5.10 Å². The molecule has 118 valence electrons. The van der Waals surface area contributed by atoms with Gasteiger partial charge in [0.1, 0.15) is 5.75 Å². The number of methoxy groups -OCH3 is 1. The molecule has 1 aromatic heterocycles. The fourth-order valence-electron chi connectivity index (χ4n) is 3.03. The van der Waals surface area contributed by atoms with Crippen LogP contribution in [0.5, 0.6) is 5.75 Å². The molecular formula is C16H23N4OS+. The summed E-state index contributed by atoms with van der Waals surface area (Å²) in [7, 11) is 1.68. The van der Waals surface area contributed by atoms with Crippen LogP contribution >= 0.6 is 12.2 Å². The third-order valence-corrected chi connectivity index (χ3v) is 4.70. The van der Waals surface area contributed by atoms with Gasteiger partial charge in [-0.3, -0.25) is 0 Å². The summed E-state index contributed by atoms with van der Waals surface area (Å²) in [6, 6.07) is 8.00. The number of hydrogen-bond donors (Lipinski definition) is 1. The number of aromatic nitrogens is 3. The minimum absolute atomic E-state index is 0.813. The standard InChI is InChI=1S/C16H22N4OS/c1-3-19-15(13-6-8-14(21-2)9-7-13)17-20(16(19)22)12-18-10-4-5-11-18/h6-9H,3-5,10-12H2,1-2H3/p+1. The van der Waals surface area contributed by atoms with Crippen LogP contribution < -0.4 is 9.64 Å². The van der Waals surface area contributed by atoms with Gasteiger partial charge < -0.3 is 14.2 Å². The normalized spacial score (nSPS) is 15.4. The molecule has 1 N–H and O–H groups in total. The minimum atomic E-state index is 0.813. The van der Waals surface area contributed by atoms with Crippen molar-refractivity contribution in [3.05, 3.63) is 29.0 Å². The van der Waals surface area contributed by atoms with Crippen molar-refractivity contribution < 1.29 is 9.64 Å². The molecule has 0 spiro atoms. The van der Waals surface area contributed by atoms with Crippen molar-refractivity contribution in [3.63, 3.8) is 0 Å². The number of nitrogens with one attached hydrogen (secondary N) is 1. The molecule has 5 nitrogen and oxygen atoms in total. The van der Waals surface area contributed by atoms with Crippen molar-refractivity contribution in [1.82, 2.24) is 14.3 Å². The Morgan fingerprint density at radius 3 is 2.50 bits per heavy atom. The number of likely N-dealkylation sites (tertiary alicyclic amines) is 1. The van der Waals surface area contributed by atoms with E-state index in [1.807, 2.05) is 28.9 Å². The predicted molar refractivity (Wildman–Crippen MR) is 88.6 cm³/mol. The molecule has 0 atom stereocenters. The van der Waals surface area contributed by atoms with Gasteiger partial charge in [0.2, 0.25) is 4.77 Å². The fourth-order valence-corrected chi connectivity index (χ4v) is 3.35. The maximum atomic E-state index is 5.62. The van der Waals surface area contributed by atoms with Crippen LogP contribution in [0.1, 0.15) is 19.8 Å². The number of hydrogen-bond acceptors (Lipinski definition) is 3. The maximum Gasteiger partial charge on any atom is 0.203 e. The summed E-state index contributed by atoms with van der Waals surface area (Å²) >= 11 is 5.62. The molecule has 0 bridgehead atoms. The average molecular weight is 319 g/mol. The molecule has 0 saturated carbocycles. The fraction of sp³-hybridized carbons (Fsp3) is 0.500. The Balaban J connectivity index is 1.93. The Kier molecular flexibility index (Phi) is 4.59. The summed E-state index contributed by atoms with van der Waals surface area (Å²) in [4.78, 5) is 1.57. The number of benzene rings is 1. The topological polar surface area (TPSA) is 36.4 Å². The van der Waals surface area contributed by atoms with Crippen LogP contribution in [0.25, 0.3) is 11.4 Å². The van der Waals surface area contributed by atoms with Crippen LogP contribution in [-0.4, -0.2) is 34.5 Å². The third kappa shape index (κ3) is 2.94. The summed E-state index contributed by atoms with van der Waals surface area (Å²) in [5.74, 6) is 1.79. The maximum absolute atomic E-state index is 5.62. The van der Waals surface area contributed by atoms with E-state index in [0.717, 1.165) is 35.1 Å². The van der Waals surface area contributed by atoms with E-state index in [9.17, 15) is 0 Å². The van der Waals surface area contributed by atoms with Crippen molar-refractivity contribution in [3.8, 4) is 17.1 Å². The molecule has 0 unspecified atom stereocenters. The molecule has 2 aromatic rings. The highest BCUT2D eigenvalue weighted by molar-refractivity contribution is 7.71. The lowest BCUT2D eigenvalue weighted by Gasteiger charge is -2.10. The molecule has 1 aromatic carbocycles. The lowest BCUT2D eigenvalue weighted by Crippen LogP contribution is -3.09. The molecule has 1 fully saturated rings. The van der Waals surface area contributed by atoms with E-state index in [1.54, 1.807) is 12.0 Å². The molecule has 0 radical (unpaired) electrons. The number of nitrogens with zero attached hydrogens (tertiary/aromatic N) is 3. The monoisotopic (exact) mass is 319 g/mol. The first-order valence-corrected chi connectivity index (χ1v) is 8.29. The van der Waals surface area contributed by atoms with Crippen LogP contribution in [-0.2, 0) is 13.2 Å². The van der Waals surface area contributed by atoms with Crippen molar-refractivity contribution in [2.75, 3.05) is 20.2 Å². The van der Waals surface area contributed by atoms with E-state index in [4.69, 9.17) is 22.1 Å². The average Bonchev–Trinajstić information content (AvgIpc) is 3.16. The zero-order chi connectivity index (χ0) is 15.5. The SMILES string of the molecule is CCn1c(-c2ccc(OC)cc2)nn(C[NH+]2CCCC2)c1=S. The minimum Gasteiger partial charge on any atom is -0.497 e. The molecule has 0 aliphatic carbocycles. The van der Waals surface area contributed by atoms with E-state index in [1.165, 1.54) is 25.9 Å². The molecular weight excluding hydrogens is 296 g/mol. The second kappa shape index (κ2) is 6.62. The van der Waals surface area contributed by atoms with E-state index < -0.39 is 0 Å². The molecule has 2 heterocycles. The first kappa shape index (κ1) is 15.2. The van der Waals surface area contributed by atoms with E-state index in [2.05, 4.69) is 11.5 Å². The molecule has 6 heteroatoms. The summed E-state index contributed by atoms with van der Waals surface area (Å²) in [5, 5.41) is 4.78. The zero-order valence-corrected chi connectivity index (χ0v) is 14.0. The smallest absolute Gasteiger partial charge is 0.203 e. The van der Waals surface area contributed by atoms with Gasteiger partial charge in [-0.05, 0) is 43.4 Å². The number of rotatable bonds is 5. The Hall–Kier alpha value is -1.66. The number of ether oxygens (including phenoxy) is 1. The van der Waals surface area contributed by atoms with Gasteiger partial charge in [-0.1, -0.05) is 0 Å². The molecule has 0 amide bonds. The first-order valence-electron chi connectivity index (χ1n) is 7.88. The molecule has 3 rings (SSSR count). The van der Waals surface area contributed by atoms with Crippen LogP contribution in [0.4, 0.5) is 0 Å². The van der Waals surface area contributed by atoms with Crippen molar-refractivity contribution in [2.24, 2.45) is 0 Å². The molecule has 1 aliphatic rings. The summed E-state index contributed by atoms with van der Waals surface area (Å²) < 4.78 is 10.1. The van der Waals surface area contributed by atoms with E-state index in [0.29, 0.717) is 0 Å². The number of quaternary nitrogens is 1. The Labute approximate surface area is 136 Å². The van der Waals surface area contributed by atoms with Gasteiger partial charge >= 0.3 is 0 Å². The van der Waals surface area contributed by atoms with Crippen molar-refractivity contribution in [1.29, 1.82) is 0 Å². The lowest BCUT2D eigenvalue weighted by atomic mass is 10.2. The Bertz CT molecular complexity index is 683. The highest BCUT2D eigenvalue weighted by Gasteiger charge is 2.19. The molecule has 1 saturated heterocycles. The summed E-state index contributed by atoms with van der Waals surface area (Å²) in [5.41, 5.74) is 1.07. The van der Waals surface area contributed by atoms with Gasteiger partial charge in [-0.2, -0.15) is 4.68 Å². The highest BCUT2D eigenvalue weighted by Crippen LogP contribution is 2.21. The second-order valence-corrected chi connectivity index (χ2v) is 6.06. The van der Waals surface area contributed by atoms with Crippen molar-refractivity contribution in [2.45, 2.75) is 33.0 Å². The third-order valence-electron chi connectivity index (χ3n) is 4.27. The van der Waals surface area contributed by atoms with Crippen LogP contribution in [0, 0.1) is 4.77 Å². The van der Waals surface area contributed by atoms with Gasteiger partial charge in [-0.25, -0.2) is 0 Å². The van der Waals surface area contributed by atoms with Crippen LogP contribution in [0.15, 0.2) is 24.3 Å². The first-order chi connectivity index (χ1) is 10.7. The second-order valence-electron chi connectivity index (χ2n) is 5.69. The Morgan fingerprint density at radius 1 is 1.23 bits per heavy atom. The quantitative estimate of drug-likeness (QED) is 0.853. The lowest BCUT2D eigenvalue weighted by molar-refractivity contribution is -0.911. The van der Waals surface area contributed by atoms with E-state index >= 15 is 0 Å². The zero-order valence-electron chi connectivity index (χ0n) is 13.2. The molecule has 1 aliphatic heterocycles. The van der Waals surface area contributed by atoms with Gasteiger partial charge in [0.15, 0.2) is 12.5 Å². The Morgan fingerprint density at radius 2 is 1.91 bits per heavy atom. The predicted octanol–water partition coefficient (Wildman–Crippen LogP) is 1.75. The van der Waals surface area contributed by atoms with Crippen LogP contribution in [0.2, 0.25) is 0 Å². The highest BCUT2D eigenvalue weighted by atomic mass is 32.1. The summed E-state index contributed by atoms with van der Waals surface area (Å²) in [6.45, 7) is 6.25. The van der Waals surface area contributed by atoms with Gasteiger partial charge in [0.05, 0.1) is 20.2 Å². The van der Waals surface area contributed by atoms with Crippen molar-refractivity contribution >= 4 is 12.2 Å².